The predicted octanol–water partition coefficient (Wildman–Crippen LogP) is 17.1. The van der Waals surface area contributed by atoms with Gasteiger partial charge in [-0.1, -0.05) is 48.5 Å². The number of fused-ring (bicyclic) bond motifs is 16. The summed E-state index contributed by atoms with van der Waals surface area (Å²) in [6.07, 6.45) is -1.57. The predicted molar refractivity (Wildman–Crippen MR) is 261 cm³/mol. The molecule has 8 bridgehead atoms. The maximum atomic E-state index is 16.8. The summed E-state index contributed by atoms with van der Waals surface area (Å²) in [7, 11) is 0. The quantitative estimate of drug-likeness (QED) is 0.105. The lowest BCUT2D eigenvalue weighted by atomic mass is 9.72. The van der Waals surface area contributed by atoms with Crippen molar-refractivity contribution < 1.29 is 87.8 Å². The van der Waals surface area contributed by atoms with Gasteiger partial charge in [0.15, 0.2) is 93.1 Å². The van der Waals surface area contributed by atoms with Gasteiger partial charge in [-0.2, -0.15) is 0 Å². The highest BCUT2D eigenvalue weighted by Crippen LogP contribution is 2.56. The first-order valence-electron chi connectivity index (χ1n) is 25.0. The van der Waals surface area contributed by atoms with E-state index < -0.39 is 255 Å². The molecule has 0 saturated heterocycles. The molecule has 9 aromatic rings. The summed E-state index contributed by atoms with van der Waals surface area (Å²) in [4.78, 5) is 14.2. The van der Waals surface area contributed by atoms with Gasteiger partial charge in [-0.05, 0) is 72.2 Å². The summed E-state index contributed by atoms with van der Waals surface area (Å²) < 4.78 is 320. The van der Waals surface area contributed by atoms with Crippen molar-refractivity contribution >= 4 is 22.1 Å². The Bertz CT molecular complexity index is 3940. The zero-order valence-corrected chi connectivity index (χ0v) is 41.5. The summed E-state index contributed by atoms with van der Waals surface area (Å²) in [5.74, 6) is -58.1. The van der Waals surface area contributed by atoms with Crippen LogP contribution in [0.1, 0.15) is 68.7 Å². The van der Waals surface area contributed by atoms with Crippen molar-refractivity contribution in [3.05, 3.63) is 234 Å². The second-order valence-corrected chi connectivity index (χ2v) is 20.4. The van der Waals surface area contributed by atoms with Crippen LogP contribution in [-0.4, -0.2) is 19.9 Å². The summed E-state index contributed by atoms with van der Waals surface area (Å²) in [5.41, 5.74) is -16.9. The molecule has 426 valence electrons. The van der Waals surface area contributed by atoms with Crippen LogP contribution in [-0.2, 0) is 25.7 Å². The van der Waals surface area contributed by atoms with Crippen molar-refractivity contribution in [1.29, 1.82) is 0 Å². The van der Waals surface area contributed by atoms with Crippen LogP contribution in [0.4, 0.5) is 87.8 Å². The van der Waals surface area contributed by atoms with Gasteiger partial charge >= 0.3 is 0 Å². The lowest BCUT2D eigenvalue weighted by Crippen LogP contribution is -2.20. The highest BCUT2D eigenvalue weighted by atomic mass is 19.2. The van der Waals surface area contributed by atoms with E-state index in [1.807, 2.05) is 0 Å². The van der Waals surface area contributed by atoms with Crippen LogP contribution in [0.25, 0.3) is 66.6 Å². The van der Waals surface area contributed by atoms with Crippen LogP contribution in [0, 0.1) is 116 Å². The molecule has 0 fully saturated rings. The minimum atomic E-state index is -2.69. The molecule has 84 heavy (non-hydrogen) atoms. The van der Waals surface area contributed by atoms with E-state index in [-0.39, 0.29) is 0 Å². The molecule has 4 atom stereocenters. The lowest BCUT2D eigenvalue weighted by Gasteiger charge is -2.29. The number of nitrogens with one attached hydrogen (secondary N) is 2. The van der Waals surface area contributed by atoms with Crippen molar-refractivity contribution in [1.82, 2.24) is 19.9 Å². The van der Waals surface area contributed by atoms with Gasteiger partial charge in [-0.15, -0.1) is 0 Å². The van der Waals surface area contributed by atoms with Crippen molar-refractivity contribution in [3.8, 4) is 44.5 Å². The molecule has 0 amide bonds. The Hall–Kier alpha value is -8.96. The van der Waals surface area contributed by atoms with Crippen LogP contribution in [0.5, 0.6) is 0 Å². The number of hydrogen-bond donors (Lipinski definition) is 2. The van der Waals surface area contributed by atoms with E-state index in [4.69, 9.17) is 0 Å². The van der Waals surface area contributed by atoms with Crippen molar-refractivity contribution in [2.24, 2.45) is 0 Å². The highest BCUT2D eigenvalue weighted by Gasteiger charge is 2.46. The van der Waals surface area contributed by atoms with Crippen LogP contribution in [0.2, 0.25) is 0 Å². The fraction of sp³-hybridized carbons (Fsp3) is 0.133. The number of rotatable bonds is 4. The Morgan fingerprint density at radius 2 is 0.393 bits per heavy atom. The molecule has 5 heterocycles. The Labute approximate surface area is 456 Å². The first-order valence-corrected chi connectivity index (χ1v) is 25.0. The van der Waals surface area contributed by atoms with Crippen LogP contribution in [0.15, 0.2) is 72.8 Å². The molecular formula is C60H26F20N4. The molecule has 4 aliphatic rings. The molecule has 24 heteroatoms. The summed E-state index contributed by atoms with van der Waals surface area (Å²) in [6, 6.07) is 15.2. The highest BCUT2D eigenvalue weighted by molar-refractivity contribution is 5.94. The number of halogens is 20. The van der Waals surface area contributed by atoms with Crippen molar-refractivity contribution in [2.75, 3.05) is 0 Å². The topological polar surface area (TPSA) is 57.4 Å². The van der Waals surface area contributed by atoms with E-state index in [2.05, 4.69) is 19.9 Å². The molecule has 6 aromatic carbocycles. The Morgan fingerprint density at radius 1 is 0.226 bits per heavy atom. The van der Waals surface area contributed by atoms with E-state index in [0.29, 0.717) is 22.3 Å². The molecule has 2 N–H and O–H groups in total. The number of H-pyrrole nitrogens is 2. The Morgan fingerprint density at radius 3 is 0.571 bits per heavy atom. The van der Waals surface area contributed by atoms with Gasteiger partial charge in [-0.3, -0.25) is 9.97 Å². The lowest BCUT2D eigenvalue weighted by molar-refractivity contribution is 0.381. The Balaban J connectivity index is 1.34. The van der Waals surface area contributed by atoms with Crippen molar-refractivity contribution in [2.45, 2.75) is 49.4 Å². The summed E-state index contributed by atoms with van der Waals surface area (Å²) in [5, 5.41) is 0. The second-order valence-electron chi connectivity index (χ2n) is 20.4. The van der Waals surface area contributed by atoms with Gasteiger partial charge in [0, 0.05) is 68.0 Å². The summed E-state index contributed by atoms with van der Waals surface area (Å²) >= 11 is 0. The van der Waals surface area contributed by atoms with E-state index in [1.165, 1.54) is 48.5 Å². The number of benzene rings is 6. The molecule has 3 aromatic heterocycles. The number of hydrogen-bond acceptors (Lipinski definition) is 2. The number of nitrogens with zero attached hydrogens (tertiary/aromatic N) is 2. The molecule has 4 nitrogen and oxygen atoms in total. The van der Waals surface area contributed by atoms with Gasteiger partial charge in [0.05, 0.1) is 45.0 Å². The van der Waals surface area contributed by atoms with Crippen LogP contribution in [0.3, 0.4) is 0 Å². The average molecular weight is 1180 g/mol. The first-order chi connectivity index (χ1) is 40.0. The molecule has 0 unspecified atom stereocenters. The van der Waals surface area contributed by atoms with Gasteiger partial charge in [0.2, 0.25) is 23.3 Å². The summed E-state index contributed by atoms with van der Waals surface area (Å²) in [6.45, 7) is 0. The first kappa shape index (κ1) is 54.3. The van der Waals surface area contributed by atoms with E-state index in [9.17, 15) is 0 Å². The minimum absolute atomic E-state index is 0.376. The fourth-order valence-corrected chi connectivity index (χ4v) is 12.4. The third-order valence-electron chi connectivity index (χ3n) is 16.2. The molecule has 0 radical (unpaired) electrons. The molecular weight excluding hydrogens is 1160 g/mol. The smallest absolute Gasteiger partial charge is 0.200 e. The Kier molecular flexibility index (Phi) is 12.5. The van der Waals surface area contributed by atoms with Gasteiger partial charge in [0.25, 0.3) is 0 Å². The van der Waals surface area contributed by atoms with Crippen LogP contribution >= 0.6 is 0 Å². The largest absolute Gasteiger partial charge is 0.354 e. The third-order valence-corrected chi connectivity index (χ3v) is 16.2. The van der Waals surface area contributed by atoms with E-state index in [0.717, 1.165) is 24.3 Å². The second kappa shape index (κ2) is 19.3. The molecule has 2 aliphatic heterocycles. The van der Waals surface area contributed by atoms with E-state index >= 15 is 87.8 Å². The maximum Gasteiger partial charge on any atom is 0.200 e. The van der Waals surface area contributed by atoms with Gasteiger partial charge < -0.3 is 9.97 Å². The van der Waals surface area contributed by atoms with Crippen molar-refractivity contribution in [3.63, 3.8) is 0 Å². The van der Waals surface area contributed by atoms with Gasteiger partial charge in [-0.25, -0.2) is 87.8 Å². The normalized spacial score (nSPS) is 17.1. The SMILES string of the molecule is Fc1c(F)c(F)c(-c2c3nc(c(-c4c(F)c(F)c(F)c(F)c4F)c4ccc([nH]4)c(-c4c(F)c(F)c(F)c(F)c4F)c4nc(c(-c5c(F)c(F)c(F)c(F)c5F)c5ccc2[nH]5)[C@@H]2Cc5ccccc5C[C@H]42)[C@@H]2Cc4ccccc4C[C@H]32)c(F)c1F. The van der Waals surface area contributed by atoms with Gasteiger partial charge in [0.1, 0.15) is 0 Å². The minimum Gasteiger partial charge on any atom is -0.354 e. The molecule has 0 saturated carbocycles. The molecule has 2 aliphatic carbocycles. The maximum absolute atomic E-state index is 16.8. The standard InChI is InChI=1S/C60H26F20N4/c61-37-33(38(62)46(70)53(77)45(37)69)29-25-9-10-27(81-25)31(35-41(65)49(73)55(79)50(74)42(35)66)59-23-15-19-7-3-4-8-20(19)16-24(23)60(84-59)32(36-43(67)51(75)56(80)52(76)44(36)68)28-12-11-26(82-28)30(34-39(63)47(71)54(78)48(72)40(34)64)58-22-14-18-6-2-1-5-17(18)13-21(22)57(29)83-58/h1-12,21-24,81-82H,13-16H2/t21-,22+,23+,24-. The number of aromatic amines is 2. The third kappa shape index (κ3) is 7.62. The monoisotopic (exact) mass is 1180 g/mol. The fourth-order valence-electron chi connectivity index (χ4n) is 12.4. The van der Waals surface area contributed by atoms with E-state index in [1.54, 1.807) is 0 Å². The molecule has 0 spiro atoms. The van der Waals surface area contributed by atoms with Crippen LogP contribution < -0.4 is 0 Å². The molecule has 13 rings (SSSR count). The average Bonchev–Trinajstić information content (AvgIpc) is 1.65. The zero-order chi connectivity index (χ0) is 59.5. The number of aromatic nitrogens is 4. The zero-order valence-electron chi connectivity index (χ0n) is 41.5.